The van der Waals surface area contributed by atoms with Crippen molar-refractivity contribution in [3.8, 4) is 5.69 Å². The first-order valence-electron chi connectivity index (χ1n) is 10.5. The van der Waals surface area contributed by atoms with E-state index in [1.165, 1.54) is 11.1 Å². The summed E-state index contributed by atoms with van der Waals surface area (Å²) in [5.41, 5.74) is 6.61. The number of rotatable bonds is 4. The number of thiocarbonyl (C=S) groups is 1. The summed E-state index contributed by atoms with van der Waals surface area (Å²) in [5, 5.41) is 4.93. The van der Waals surface area contributed by atoms with Crippen LogP contribution in [0.25, 0.3) is 5.69 Å². The molecule has 0 amide bonds. The minimum Gasteiger partial charge on any atom is -0.351 e. The highest BCUT2D eigenvalue weighted by atomic mass is 35.5. The fourth-order valence-corrected chi connectivity index (χ4v) is 4.84. The molecule has 1 aliphatic rings. The Morgan fingerprint density at radius 2 is 1.78 bits per heavy atom. The van der Waals surface area contributed by atoms with Crippen LogP contribution >= 0.6 is 23.8 Å². The van der Waals surface area contributed by atoms with Gasteiger partial charge in [-0.3, -0.25) is 4.98 Å². The van der Waals surface area contributed by atoms with Crippen LogP contribution in [0, 0.1) is 13.8 Å². The van der Waals surface area contributed by atoms with Crippen molar-refractivity contribution >= 4 is 34.6 Å². The zero-order chi connectivity index (χ0) is 22.2. The normalized spacial score (nSPS) is 18.1. The van der Waals surface area contributed by atoms with Gasteiger partial charge < -0.3 is 14.8 Å². The number of hydrogen-bond donors (Lipinski definition) is 1. The molecule has 1 N–H and O–H groups in total. The molecule has 5 rings (SSSR count). The number of anilines is 1. The van der Waals surface area contributed by atoms with Crippen LogP contribution in [0.2, 0.25) is 5.02 Å². The summed E-state index contributed by atoms with van der Waals surface area (Å²) >= 11 is 12.2. The SMILES string of the molecule is Cc1ccc(N2C(=S)N[C@H](c3ccccn3)[C@H]2c2cccn2-c2cccc(Cl)c2)cc1C. The molecule has 1 fully saturated rings. The summed E-state index contributed by atoms with van der Waals surface area (Å²) < 4.78 is 2.18. The van der Waals surface area contributed by atoms with Gasteiger partial charge in [0.25, 0.3) is 0 Å². The molecule has 2 aromatic heterocycles. The Balaban J connectivity index is 1.68. The van der Waals surface area contributed by atoms with Gasteiger partial charge in [0, 0.05) is 34.5 Å². The van der Waals surface area contributed by atoms with E-state index in [0.717, 1.165) is 22.8 Å². The van der Waals surface area contributed by atoms with Crippen LogP contribution in [0.3, 0.4) is 0 Å². The van der Waals surface area contributed by atoms with E-state index in [9.17, 15) is 0 Å². The first kappa shape index (κ1) is 20.7. The summed E-state index contributed by atoms with van der Waals surface area (Å²) in [6.45, 7) is 4.25. The third-order valence-electron chi connectivity index (χ3n) is 6.04. The smallest absolute Gasteiger partial charge is 0.174 e. The van der Waals surface area contributed by atoms with E-state index in [0.29, 0.717) is 10.1 Å². The fourth-order valence-electron chi connectivity index (χ4n) is 4.31. The van der Waals surface area contributed by atoms with Crippen LogP contribution in [0.4, 0.5) is 5.69 Å². The lowest BCUT2D eigenvalue weighted by molar-refractivity contribution is 0.549. The molecule has 1 aliphatic heterocycles. The van der Waals surface area contributed by atoms with Gasteiger partial charge in [0.05, 0.1) is 11.7 Å². The first-order chi connectivity index (χ1) is 15.5. The van der Waals surface area contributed by atoms with Crippen molar-refractivity contribution < 1.29 is 0 Å². The Bertz CT molecular complexity index is 1280. The molecule has 0 bridgehead atoms. The van der Waals surface area contributed by atoms with Crippen LogP contribution < -0.4 is 10.2 Å². The zero-order valence-corrected chi connectivity index (χ0v) is 19.4. The topological polar surface area (TPSA) is 33.1 Å². The third-order valence-corrected chi connectivity index (χ3v) is 6.59. The molecule has 2 aromatic carbocycles. The summed E-state index contributed by atoms with van der Waals surface area (Å²) in [4.78, 5) is 6.86. The fraction of sp³-hybridized carbons (Fsp3) is 0.154. The molecular formula is C26H23ClN4S. The van der Waals surface area contributed by atoms with E-state index < -0.39 is 0 Å². The van der Waals surface area contributed by atoms with Gasteiger partial charge in [-0.25, -0.2) is 0 Å². The van der Waals surface area contributed by atoms with Crippen molar-refractivity contribution in [1.82, 2.24) is 14.9 Å². The summed E-state index contributed by atoms with van der Waals surface area (Å²) in [7, 11) is 0. The van der Waals surface area contributed by atoms with Gasteiger partial charge in [-0.15, -0.1) is 0 Å². The Kier molecular flexibility index (Phi) is 5.45. The van der Waals surface area contributed by atoms with Crippen molar-refractivity contribution in [2.24, 2.45) is 0 Å². The van der Waals surface area contributed by atoms with E-state index in [2.05, 4.69) is 76.2 Å². The van der Waals surface area contributed by atoms with Crippen LogP contribution in [0.15, 0.2) is 85.2 Å². The number of aryl methyl sites for hydroxylation is 2. The highest BCUT2D eigenvalue weighted by Gasteiger charge is 2.42. The number of benzene rings is 2. The molecule has 0 saturated carbocycles. The quantitative estimate of drug-likeness (QED) is 0.363. The van der Waals surface area contributed by atoms with E-state index in [-0.39, 0.29) is 12.1 Å². The predicted molar refractivity (Wildman–Crippen MR) is 135 cm³/mol. The Morgan fingerprint density at radius 1 is 0.906 bits per heavy atom. The standard InChI is InChI=1S/C26H23ClN4S/c1-17-11-12-21(15-18(17)2)31-25(24(29-26(31)32)22-9-3-4-13-28-22)23-10-6-14-30(23)20-8-5-7-19(27)16-20/h3-16,24-25H,1-2H3,(H,29,32)/t24-,25-/m1/s1. The van der Waals surface area contributed by atoms with Gasteiger partial charge in [0.2, 0.25) is 0 Å². The van der Waals surface area contributed by atoms with Crippen LogP contribution in [0.5, 0.6) is 0 Å². The van der Waals surface area contributed by atoms with Gasteiger partial charge in [0.15, 0.2) is 5.11 Å². The second-order valence-electron chi connectivity index (χ2n) is 8.05. The Morgan fingerprint density at radius 3 is 2.53 bits per heavy atom. The summed E-state index contributed by atoms with van der Waals surface area (Å²) in [6, 6.07) is 24.4. The molecule has 160 valence electrons. The Hall–Kier alpha value is -3.15. The molecule has 0 aliphatic carbocycles. The van der Waals surface area contributed by atoms with Crippen molar-refractivity contribution in [2.45, 2.75) is 25.9 Å². The average Bonchev–Trinajstić information content (AvgIpc) is 3.40. The van der Waals surface area contributed by atoms with E-state index >= 15 is 0 Å². The molecule has 1 saturated heterocycles. The van der Waals surface area contributed by atoms with Crippen molar-refractivity contribution in [1.29, 1.82) is 0 Å². The molecule has 32 heavy (non-hydrogen) atoms. The number of halogens is 1. The van der Waals surface area contributed by atoms with Crippen molar-refractivity contribution in [2.75, 3.05) is 4.90 Å². The monoisotopic (exact) mass is 458 g/mol. The second kappa shape index (κ2) is 8.41. The molecule has 0 unspecified atom stereocenters. The van der Waals surface area contributed by atoms with Crippen molar-refractivity contribution in [3.63, 3.8) is 0 Å². The maximum absolute atomic E-state index is 6.31. The van der Waals surface area contributed by atoms with Crippen LogP contribution in [0.1, 0.15) is 34.6 Å². The predicted octanol–water partition coefficient (Wildman–Crippen LogP) is 6.32. The second-order valence-corrected chi connectivity index (χ2v) is 8.87. The van der Waals surface area contributed by atoms with Gasteiger partial charge in [0.1, 0.15) is 6.04 Å². The summed E-state index contributed by atoms with van der Waals surface area (Å²) in [6.07, 6.45) is 3.89. The number of nitrogens with zero attached hydrogens (tertiary/aromatic N) is 3. The lowest BCUT2D eigenvalue weighted by atomic mass is 10.00. The molecule has 3 heterocycles. The minimum absolute atomic E-state index is 0.0894. The lowest BCUT2D eigenvalue weighted by Gasteiger charge is -2.29. The summed E-state index contributed by atoms with van der Waals surface area (Å²) in [5.74, 6) is 0. The number of hydrogen-bond acceptors (Lipinski definition) is 2. The maximum atomic E-state index is 6.31. The molecule has 4 aromatic rings. The van der Waals surface area contributed by atoms with Crippen LogP contribution in [-0.4, -0.2) is 14.7 Å². The number of pyridine rings is 1. The van der Waals surface area contributed by atoms with Gasteiger partial charge in [-0.05, 0) is 91.8 Å². The highest BCUT2D eigenvalue weighted by Crippen LogP contribution is 2.42. The number of aromatic nitrogens is 2. The van der Waals surface area contributed by atoms with Crippen molar-refractivity contribution in [3.05, 3.63) is 113 Å². The van der Waals surface area contributed by atoms with Gasteiger partial charge in [-0.1, -0.05) is 29.8 Å². The van der Waals surface area contributed by atoms with Gasteiger partial charge in [-0.2, -0.15) is 0 Å². The molecular weight excluding hydrogens is 436 g/mol. The molecule has 4 nitrogen and oxygen atoms in total. The minimum atomic E-state index is -0.0989. The van der Waals surface area contributed by atoms with Gasteiger partial charge >= 0.3 is 0 Å². The highest BCUT2D eigenvalue weighted by molar-refractivity contribution is 7.80. The third kappa shape index (κ3) is 3.68. The zero-order valence-electron chi connectivity index (χ0n) is 17.9. The van der Waals surface area contributed by atoms with E-state index in [1.54, 1.807) is 0 Å². The Labute approximate surface area is 198 Å². The number of nitrogens with one attached hydrogen (secondary N) is 1. The molecule has 2 atom stereocenters. The molecule has 6 heteroatoms. The maximum Gasteiger partial charge on any atom is 0.174 e. The molecule has 0 radical (unpaired) electrons. The van der Waals surface area contributed by atoms with E-state index in [1.807, 2.05) is 42.6 Å². The van der Waals surface area contributed by atoms with E-state index in [4.69, 9.17) is 23.8 Å². The molecule has 0 spiro atoms. The largest absolute Gasteiger partial charge is 0.351 e. The average molecular weight is 459 g/mol. The first-order valence-corrected chi connectivity index (χ1v) is 11.3. The lowest BCUT2D eigenvalue weighted by Crippen LogP contribution is -2.30. The van der Waals surface area contributed by atoms with Crippen LogP contribution in [-0.2, 0) is 0 Å².